The SMILES string of the molecule is CCCCCc1ccccc1CCCCC.OP(O)(O)=S.OP(O)(O)=S. The second-order valence-electron chi connectivity index (χ2n) is 5.71. The Morgan fingerprint density at radius 2 is 0.923 bits per heavy atom. The van der Waals surface area contributed by atoms with E-state index in [1.807, 2.05) is 0 Å². The van der Waals surface area contributed by atoms with Gasteiger partial charge in [-0.3, -0.25) is 0 Å². The fraction of sp³-hybridized carbons (Fsp3) is 0.625. The topological polar surface area (TPSA) is 121 Å². The van der Waals surface area contributed by atoms with Crippen molar-refractivity contribution in [2.75, 3.05) is 0 Å². The monoisotopic (exact) mass is 446 g/mol. The fourth-order valence-electron chi connectivity index (χ4n) is 2.18. The third kappa shape index (κ3) is 29.1. The van der Waals surface area contributed by atoms with Gasteiger partial charge in [0.2, 0.25) is 0 Å². The maximum absolute atomic E-state index is 7.56. The van der Waals surface area contributed by atoms with Crippen LogP contribution in [0.5, 0.6) is 0 Å². The molecule has 0 aromatic heterocycles. The maximum atomic E-state index is 7.56. The Labute approximate surface area is 167 Å². The quantitative estimate of drug-likeness (QED) is 0.265. The predicted octanol–water partition coefficient (Wildman–Crippen LogP) is 3.53. The standard InChI is InChI=1S/C16H26.2H3O3PS/c1-3-5-7-11-15-13-9-10-14-16(15)12-8-6-4-2;2*1-4(2,3)5/h9-10,13-14H,3-8,11-12H2,1-2H3;2*(H3,1,2,3,5). The minimum atomic E-state index is -3.81. The zero-order valence-electron chi connectivity index (χ0n) is 15.4. The number of rotatable bonds is 8. The number of benzene rings is 1. The van der Waals surface area contributed by atoms with Crippen LogP contribution in [0.2, 0.25) is 0 Å². The third-order valence-electron chi connectivity index (χ3n) is 3.22. The normalized spacial score (nSPS) is 11.1. The number of hydrogen-bond donors (Lipinski definition) is 6. The van der Waals surface area contributed by atoms with Crippen molar-refractivity contribution < 1.29 is 29.4 Å². The van der Waals surface area contributed by atoms with Gasteiger partial charge in [-0.05, 0) is 60.4 Å². The smallest absolute Gasteiger partial charge is 0.319 e. The lowest BCUT2D eigenvalue weighted by Crippen LogP contribution is -1.94. The Kier molecular flexibility index (Phi) is 17.8. The average Bonchev–Trinajstić information content (AvgIpc) is 2.46. The molecule has 1 aromatic carbocycles. The van der Waals surface area contributed by atoms with Crippen LogP contribution in [0.3, 0.4) is 0 Å². The highest BCUT2D eigenvalue weighted by Gasteiger charge is 2.01. The van der Waals surface area contributed by atoms with E-state index in [1.54, 1.807) is 11.1 Å². The van der Waals surface area contributed by atoms with Crippen LogP contribution in [0.4, 0.5) is 0 Å². The first-order valence-corrected chi connectivity index (χ1v) is 13.8. The zero-order chi connectivity index (χ0) is 20.6. The minimum absolute atomic E-state index is 1.27. The van der Waals surface area contributed by atoms with Crippen LogP contribution in [0.15, 0.2) is 24.3 Å². The molecule has 10 heteroatoms. The van der Waals surface area contributed by atoms with Gasteiger partial charge < -0.3 is 29.4 Å². The van der Waals surface area contributed by atoms with Crippen LogP contribution >= 0.6 is 13.4 Å². The number of aryl methyl sites for hydroxylation is 2. The summed E-state index contributed by atoms with van der Waals surface area (Å²) in [5.74, 6) is 0. The van der Waals surface area contributed by atoms with Crippen molar-refractivity contribution in [2.45, 2.75) is 65.2 Å². The molecular formula is C16H32O6P2S2. The Balaban J connectivity index is 0. The summed E-state index contributed by atoms with van der Waals surface area (Å²) < 4.78 is 0. The van der Waals surface area contributed by atoms with Gasteiger partial charge >= 0.3 is 13.4 Å². The molecule has 1 aromatic rings. The molecule has 0 bridgehead atoms. The van der Waals surface area contributed by atoms with Gasteiger partial charge in [0.05, 0.1) is 0 Å². The summed E-state index contributed by atoms with van der Waals surface area (Å²) in [6.07, 6.45) is 10.6. The van der Waals surface area contributed by atoms with Gasteiger partial charge in [-0.1, -0.05) is 63.8 Å². The van der Waals surface area contributed by atoms with Crippen LogP contribution < -0.4 is 0 Å². The van der Waals surface area contributed by atoms with Gasteiger partial charge in [-0.15, -0.1) is 0 Å². The van der Waals surface area contributed by atoms with Crippen molar-refractivity contribution in [3.05, 3.63) is 35.4 Å². The minimum Gasteiger partial charge on any atom is -0.325 e. The van der Waals surface area contributed by atoms with Crippen molar-refractivity contribution in [2.24, 2.45) is 0 Å². The van der Waals surface area contributed by atoms with Gasteiger partial charge in [0.15, 0.2) is 0 Å². The Morgan fingerprint density at radius 3 is 1.15 bits per heavy atom. The average molecular weight is 447 g/mol. The molecule has 0 unspecified atom stereocenters. The highest BCUT2D eigenvalue weighted by molar-refractivity contribution is 8.06. The summed E-state index contributed by atoms with van der Waals surface area (Å²) >= 11 is 7.21. The van der Waals surface area contributed by atoms with Crippen LogP contribution in [0.1, 0.15) is 63.5 Å². The first-order valence-electron chi connectivity index (χ1n) is 8.51. The lowest BCUT2D eigenvalue weighted by atomic mass is 9.97. The Morgan fingerprint density at radius 1 is 0.654 bits per heavy atom. The van der Waals surface area contributed by atoms with Gasteiger partial charge in [-0.2, -0.15) is 0 Å². The van der Waals surface area contributed by atoms with Gasteiger partial charge in [-0.25, -0.2) is 0 Å². The molecule has 6 nitrogen and oxygen atoms in total. The maximum Gasteiger partial charge on any atom is 0.319 e. The molecule has 6 N–H and O–H groups in total. The van der Waals surface area contributed by atoms with E-state index < -0.39 is 13.4 Å². The first-order chi connectivity index (χ1) is 11.9. The van der Waals surface area contributed by atoms with E-state index in [1.165, 1.54) is 51.4 Å². The van der Waals surface area contributed by atoms with Crippen molar-refractivity contribution in [1.82, 2.24) is 0 Å². The molecule has 0 fully saturated rings. The van der Waals surface area contributed by atoms with Crippen LogP contribution in [0, 0.1) is 0 Å². The molecule has 0 spiro atoms. The van der Waals surface area contributed by atoms with Crippen LogP contribution in [0.25, 0.3) is 0 Å². The van der Waals surface area contributed by atoms with Gasteiger partial charge in [0.25, 0.3) is 0 Å². The second kappa shape index (κ2) is 16.3. The van der Waals surface area contributed by atoms with E-state index in [0.717, 1.165) is 0 Å². The lowest BCUT2D eigenvalue weighted by Gasteiger charge is -2.08. The molecule has 26 heavy (non-hydrogen) atoms. The van der Waals surface area contributed by atoms with Crippen molar-refractivity contribution in [3.63, 3.8) is 0 Å². The van der Waals surface area contributed by atoms with E-state index >= 15 is 0 Å². The van der Waals surface area contributed by atoms with E-state index in [4.69, 9.17) is 29.4 Å². The molecule has 0 saturated heterocycles. The van der Waals surface area contributed by atoms with E-state index in [2.05, 4.69) is 61.7 Å². The van der Waals surface area contributed by atoms with Crippen LogP contribution in [-0.2, 0) is 36.5 Å². The van der Waals surface area contributed by atoms with E-state index in [0.29, 0.717) is 0 Å². The molecule has 154 valence electrons. The molecule has 0 atom stereocenters. The summed E-state index contributed by atoms with van der Waals surface area (Å²) in [4.78, 5) is 45.3. The highest BCUT2D eigenvalue weighted by Crippen LogP contribution is 2.27. The second-order valence-corrected chi connectivity index (χ2v) is 10.7. The first kappa shape index (κ1) is 28.5. The third-order valence-corrected chi connectivity index (χ3v) is 3.22. The van der Waals surface area contributed by atoms with E-state index in [9.17, 15) is 0 Å². The molecular weight excluding hydrogens is 414 g/mol. The molecule has 0 aliphatic rings. The molecule has 0 saturated carbocycles. The summed E-state index contributed by atoms with van der Waals surface area (Å²) in [5, 5.41) is 0. The molecule has 0 aliphatic heterocycles. The molecule has 0 aliphatic carbocycles. The zero-order valence-corrected chi connectivity index (χ0v) is 18.8. The number of unbranched alkanes of at least 4 members (excludes halogenated alkanes) is 4. The largest absolute Gasteiger partial charge is 0.325 e. The fourth-order valence-corrected chi connectivity index (χ4v) is 2.18. The van der Waals surface area contributed by atoms with Gasteiger partial charge in [0, 0.05) is 0 Å². The Hall–Kier alpha value is 0.280. The van der Waals surface area contributed by atoms with Crippen molar-refractivity contribution >= 4 is 37.1 Å². The van der Waals surface area contributed by atoms with Crippen molar-refractivity contribution in [3.8, 4) is 0 Å². The summed E-state index contributed by atoms with van der Waals surface area (Å²) in [6.45, 7) is -3.07. The highest BCUT2D eigenvalue weighted by atomic mass is 32.5. The molecule has 0 heterocycles. The van der Waals surface area contributed by atoms with Gasteiger partial charge in [0.1, 0.15) is 0 Å². The molecule has 1 rings (SSSR count). The van der Waals surface area contributed by atoms with E-state index in [-0.39, 0.29) is 0 Å². The molecule has 0 radical (unpaired) electrons. The summed E-state index contributed by atoms with van der Waals surface area (Å²) in [6, 6.07) is 9.00. The van der Waals surface area contributed by atoms with Crippen LogP contribution in [-0.4, -0.2) is 29.4 Å². The number of hydrogen-bond acceptors (Lipinski definition) is 2. The summed E-state index contributed by atoms with van der Waals surface area (Å²) in [5.41, 5.74) is 3.18. The predicted molar refractivity (Wildman–Crippen MR) is 115 cm³/mol. The lowest BCUT2D eigenvalue weighted by molar-refractivity contribution is 0.361. The van der Waals surface area contributed by atoms with Crippen molar-refractivity contribution in [1.29, 1.82) is 0 Å². The Bertz CT molecular complexity index is 494. The molecule has 0 amide bonds. The summed E-state index contributed by atoms with van der Waals surface area (Å²) in [7, 11) is 0.